The number of aromatic nitrogens is 2. The van der Waals surface area contributed by atoms with Gasteiger partial charge in [0.05, 0.1) is 0 Å². The van der Waals surface area contributed by atoms with Crippen LogP contribution in [0, 0.1) is 0 Å². The average Bonchev–Trinajstić information content (AvgIpc) is 2.71. The van der Waals surface area contributed by atoms with E-state index < -0.39 is 6.10 Å². The summed E-state index contributed by atoms with van der Waals surface area (Å²) in [5.74, 6) is 0. The van der Waals surface area contributed by atoms with Crippen LogP contribution < -0.4 is 0 Å². The van der Waals surface area contributed by atoms with E-state index in [1.807, 2.05) is 5.38 Å². The Labute approximate surface area is 79.7 Å². The maximum absolute atomic E-state index is 9.80. The van der Waals surface area contributed by atoms with Gasteiger partial charge in [-0.3, -0.25) is 4.98 Å². The zero-order valence-corrected chi connectivity index (χ0v) is 7.61. The lowest BCUT2D eigenvalue weighted by atomic mass is 10.1. The van der Waals surface area contributed by atoms with Crippen LogP contribution in [0.5, 0.6) is 0 Å². The molecule has 0 aromatic carbocycles. The first-order valence-corrected chi connectivity index (χ1v) is 4.73. The van der Waals surface area contributed by atoms with Crippen LogP contribution in [0.15, 0.2) is 36.1 Å². The predicted octanol–water partition coefficient (Wildman–Crippen LogP) is 1.62. The molecule has 0 amide bonds. The number of rotatable bonds is 2. The Hall–Kier alpha value is -1.26. The number of nitrogens with zero attached hydrogens (tertiary/aromatic N) is 2. The SMILES string of the molecule is OC(c1ccncc1)c1nccs1. The summed E-state index contributed by atoms with van der Waals surface area (Å²) < 4.78 is 0. The quantitative estimate of drug-likeness (QED) is 0.786. The van der Waals surface area contributed by atoms with Crippen molar-refractivity contribution in [1.29, 1.82) is 0 Å². The Morgan fingerprint density at radius 3 is 2.62 bits per heavy atom. The summed E-state index contributed by atoms with van der Waals surface area (Å²) >= 11 is 1.44. The summed E-state index contributed by atoms with van der Waals surface area (Å²) in [6.45, 7) is 0. The Morgan fingerprint density at radius 2 is 2.00 bits per heavy atom. The largest absolute Gasteiger partial charge is 0.381 e. The van der Waals surface area contributed by atoms with Gasteiger partial charge in [0.15, 0.2) is 0 Å². The van der Waals surface area contributed by atoms with Crippen molar-refractivity contribution in [2.75, 3.05) is 0 Å². The molecule has 4 heteroatoms. The summed E-state index contributed by atoms with van der Waals surface area (Å²) in [5, 5.41) is 12.4. The molecule has 0 aliphatic heterocycles. The molecule has 1 N–H and O–H groups in total. The molecule has 0 radical (unpaired) electrons. The average molecular weight is 192 g/mol. The molecule has 1 unspecified atom stereocenters. The first kappa shape index (κ1) is 8.34. The maximum Gasteiger partial charge on any atom is 0.131 e. The minimum Gasteiger partial charge on any atom is -0.381 e. The standard InChI is InChI=1S/C9H8N2OS/c12-8(9-11-5-6-13-9)7-1-3-10-4-2-7/h1-6,8,12H. The van der Waals surface area contributed by atoms with Crippen molar-refractivity contribution < 1.29 is 5.11 Å². The number of hydrogen-bond acceptors (Lipinski definition) is 4. The van der Waals surface area contributed by atoms with Crippen LogP contribution in [-0.2, 0) is 0 Å². The summed E-state index contributed by atoms with van der Waals surface area (Å²) in [6, 6.07) is 3.57. The molecule has 0 saturated heterocycles. The fourth-order valence-electron chi connectivity index (χ4n) is 1.06. The Balaban J connectivity index is 2.29. The molecular weight excluding hydrogens is 184 g/mol. The van der Waals surface area contributed by atoms with Crippen molar-refractivity contribution in [1.82, 2.24) is 9.97 Å². The third-order valence-electron chi connectivity index (χ3n) is 1.71. The second-order valence-electron chi connectivity index (χ2n) is 2.55. The van der Waals surface area contributed by atoms with Crippen molar-refractivity contribution in [3.63, 3.8) is 0 Å². The van der Waals surface area contributed by atoms with Crippen molar-refractivity contribution >= 4 is 11.3 Å². The second kappa shape index (κ2) is 3.64. The minimum atomic E-state index is -0.622. The van der Waals surface area contributed by atoms with Gasteiger partial charge in [-0.25, -0.2) is 4.98 Å². The molecular formula is C9H8N2OS. The van der Waals surface area contributed by atoms with Gasteiger partial charge in [0.2, 0.25) is 0 Å². The van der Waals surface area contributed by atoms with E-state index in [4.69, 9.17) is 0 Å². The Kier molecular flexibility index (Phi) is 2.33. The van der Waals surface area contributed by atoms with Crippen molar-refractivity contribution in [3.8, 4) is 0 Å². The lowest BCUT2D eigenvalue weighted by Gasteiger charge is -2.05. The van der Waals surface area contributed by atoms with Crippen molar-refractivity contribution in [3.05, 3.63) is 46.7 Å². The number of hydrogen-bond donors (Lipinski definition) is 1. The van der Waals surface area contributed by atoms with Gasteiger partial charge in [-0.15, -0.1) is 11.3 Å². The molecule has 0 fully saturated rings. The molecule has 0 aliphatic rings. The van der Waals surface area contributed by atoms with E-state index in [1.165, 1.54) is 11.3 Å². The van der Waals surface area contributed by atoms with Crippen LogP contribution in [0.2, 0.25) is 0 Å². The van der Waals surface area contributed by atoms with Crippen LogP contribution >= 0.6 is 11.3 Å². The Bertz CT molecular complexity index is 360. The Morgan fingerprint density at radius 1 is 1.23 bits per heavy atom. The molecule has 2 rings (SSSR count). The van der Waals surface area contributed by atoms with Crippen molar-refractivity contribution in [2.24, 2.45) is 0 Å². The van der Waals surface area contributed by atoms with Crippen LogP contribution in [0.3, 0.4) is 0 Å². The van der Waals surface area contributed by atoms with Crippen LogP contribution in [-0.4, -0.2) is 15.1 Å². The molecule has 0 aliphatic carbocycles. The first-order valence-electron chi connectivity index (χ1n) is 3.85. The van der Waals surface area contributed by atoms with Gasteiger partial charge < -0.3 is 5.11 Å². The van der Waals surface area contributed by atoms with Crippen LogP contribution in [0.25, 0.3) is 0 Å². The molecule has 2 aromatic heterocycles. The smallest absolute Gasteiger partial charge is 0.131 e. The highest BCUT2D eigenvalue weighted by atomic mass is 32.1. The fourth-order valence-corrected chi connectivity index (χ4v) is 1.71. The van der Waals surface area contributed by atoms with E-state index in [9.17, 15) is 5.11 Å². The van der Waals surface area contributed by atoms with E-state index in [2.05, 4.69) is 9.97 Å². The van der Waals surface area contributed by atoms with Crippen LogP contribution in [0.4, 0.5) is 0 Å². The van der Waals surface area contributed by atoms with E-state index in [0.29, 0.717) is 5.01 Å². The van der Waals surface area contributed by atoms with Gasteiger partial charge in [-0.05, 0) is 17.7 Å². The maximum atomic E-state index is 9.80. The zero-order valence-electron chi connectivity index (χ0n) is 6.79. The molecule has 1 atom stereocenters. The van der Waals surface area contributed by atoms with Crippen LogP contribution in [0.1, 0.15) is 16.7 Å². The summed E-state index contributed by atoms with van der Waals surface area (Å²) in [7, 11) is 0. The molecule has 3 nitrogen and oxygen atoms in total. The second-order valence-corrected chi connectivity index (χ2v) is 3.48. The number of aliphatic hydroxyl groups is 1. The molecule has 2 aromatic rings. The highest BCUT2D eigenvalue weighted by Crippen LogP contribution is 2.22. The van der Waals surface area contributed by atoms with Gasteiger partial charge in [0.25, 0.3) is 0 Å². The van der Waals surface area contributed by atoms with E-state index >= 15 is 0 Å². The summed E-state index contributed by atoms with van der Waals surface area (Å²) in [4.78, 5) is 7.92. The summed E-state index contributed by atoms with van der Waals surface area (Å²) in [5.41, 5.74) is 0.824. The summed E-state index contributed by atoms with van der Waals surface area (Å²) in [6.07, 6.45) is 4.38. The first-order chi connectivity index (χ1) is 6.38. The molecule has 13 heavy (non-hydrogen) atoms. The predicted molar refractivity (Wildman–Crippen MR) is 50.4 cm³/mol. The topological polar surface area (TPSA) is 46.0 Å². The lowest BCUT2D eigenvalue weighted by molar-refractivity contribution is 0.219. The monoisotopic (exact) mass is 192 g/mol. The minimum absolute atomic E-state index is 0.622. The molecule has 66 valence electrons. The van der Waals surface area contributed by atoms with E-state index in [0.717, 1.165) is 5.56 Å². The van der Waals surface area contributed by atoms with Gasteiger partial charge in [0, 0.05) is 24.0 Å². The third kappa shape index (κ3) is 1.74. The number of aliphatic hydroxyl groups excluding tert-OH is 1. The highest BCUT2D eigenvalue weighted by molar-refractivity contribution is 7.09. The van der Waals surface area contributed by atoms with Gasteiger partial charge in [0.1, 0.15) is 11.1 Å². The molecule has 2 heterocycles. The van der Waals surface area contributed by atoms with E-state index in [-0.39, 0.29) is 0 Å². The zero-order chi connectivity index (χ0) is 9.10. The number of pyridine rings is 1. The van der Waals surface area contributed by atoms with Gasteiger partial charge >= 0.3 is 0 Å². The normalized spacial score (nSPS) is 12.7. The highest BCUT2D eigenvalue weighted by Gasteiger charge is 2.11. The van der Waals surface area contributed by atoms with Gasteiger partial charge in [-0.1, -0.05) is 0 Å². The van der Waals surface area contributed by atoms with E-state index in [1.54, 1.807) is 30.7 Å². The molecule has 0 bridgehead atoms. The van der Waals surface area contributed by atoms with Crippen molar-refractivity contribution in [2.45, 2.75) is 6.10 Å². The third-order valence-corrected chi connectivity index (χ3v) is 2.54. The molecule has 0 saturated carbocycles. The lowest BCUT2D eigenvalue weighted by Crippen LogP contribution is -1.98. The molecule has 0 spiro atoms. The van der Waals surface area contributed by atoms with Gasteiger partial charge in [-0.2, -0.15) is 0 Å². The fraction of sp³-hybridized carbons (Fsp3) is 0.111. The number of thiazole rings is 1.